The lowest BCUT2D eigenvalue weighted by Gasteiger charge is -2.06. The Bertz CT molecular complexity index is 1140. The standard InChI is InChI=1S/C18H15N5O2S/c1-11-10-26-17(20-11)13-4-2-12(3-5-13)8-19-16(24)14-6-7-15-21-22-18(25)23(15)9-14/h2-7,9-10H,8H2,1H3,(H,19,24)(H,22,25). The molecule has 8 heteroatoms. The van der Waals surface area contributed by atoms with Crippen LogP contribution in [0.15, 0.2) is 52.8 Å². The van der Waals surface area contributed by atoms with E-state index < -0.39 is 0 Å². The maximum Gasteiger partial charge on any atom is 0.347 e. The zero-order valence-electron chi connectivity index (χ0n) is 13.9. The average Bonchev–Trinajstić information content (AvgIpc) is 3.26. The number of carbonyl (C=O) groups is 1. The number of benzene rings is 1. The number of pyridine rings is 1. The molecule has 0 spiro atoms. The third-order valence-electron chi connectivity index (χ3n) is 3.95. The largest absolute Gasteiger partial charge is 0.348 e. The van der Waals surface area contributed by atoms with Gasteiger partial charge in [-0.15, -0.1) is 11.3 Å². The first kappa shape index (κ1) is 16.2. The fraction of sp³-hybridized carbons (Fsp3) is 0.111. The zero-order valence-corrected chi connectivity index (χ0v) is 14.7. The van der Waals surface area contributed by atoms with Crippen LogP contribution in [0.4, 0.5) is 0 Å². The van der Waals surface area contributed by atoms with Gasteiger partial charge in [-0.2, -0.15) is 5.10 Å². The number of hydrogen-bond donors (Lipinski definition) is 2. The Morgan fingerprint density at radius 3 is 2.77 bits per heavy atom. The average molecular weight is 365 g/mol. The van der Waals surface area contributed by atoms with Gasteiger partial charge in [0.25, 0.3) is 5.91 Å². The minimum atomic E-state index is -0.373. The summed E-state index contributed by atoms with van der Waals surface area (Å²) in [5.41, 5.74) is 3.55. The molecule has 3 aromatic heterocycles. The van der Waals surface area contributed by atoms with Crippen LogP contribution < -0.4 is 11.0 Å². The van der Waals surface area contributed by atoms with Gasteiger partial charge in [0.05, 0.1) is 5.56 Å². The van der Waals surface area contributed by atoms with Gasteiger partial charge in [-0.3, -0.25) is 4.79 Å². The lowest BCUT2D eigenvalue weighted by molar-refractivity contribution is 0.0950. The molecule has 0 aliphatic carbocycles. The summed E-state index contributed by atoms with van der Waals surface area (Å²) in [6.45, 7) is 2.37. The van der Waals surface area contributed by atoms with Crippen LogP contribution in [-0.2, 0) is 6.54 Å². The first-order valence-corrected chi connectivity index (χ1v) is 8.84. The summed E-state index contributed by atoms with van der Waals surface area (Å²) in [5.74, 6) is -0.250. The SMILES string of the molecule is Cc1csc(-c2ccc(CNC(=O)c3ccc4n[nH]c(=O)n4c3)cc2)n1. The van der Waals surface area contributed by atoms with E-state index >= 15 is 0 Å². The topological polar surface area (TPSA) is 92.1 Å². The van der Waals surface area contributed by atoms with Crippen molar-refractivity contribution < 1.29 is 4.79 Å². The second-order valence-electron chi connectivity index (χ2n) is 5.85. The van der Waals surface area contributed by atoms with Gasteiger partial charge in [0, 0.05) is 29.4 Å². The number of aromatic nitrogens is 4. The van der Waals surface area contributed by atoms with Crippen LogP contribution in [0.3, 0.4) is 0 Å². The molecule has 0 bridgehead atoms. The molecular formula is C18H15N5O2S. The quantitative estimate of drug-likeness (QED) is 0.581. The number of hydrogen-bond acceptors (Lipinski definition) is 5. The van der Waals surface area contributed by atoms with E-state index in [1.165, 1.54) is 10.6 Å². The summed E-state index contributed by atoms with van der Waals surface area (Å²) in [6, 6.07) is 11.2. The number of amides is 1. The van der Waals surface area contributed by atoms with Crippen LogP contribution in [0.5, 0.6) is 0 Å². The Labute approximate surface area is 152 Å². The Morgan fingerprint density at radius 1 is 1.23 bits per heavy atom. The molecule has 0 aliphatic rings. The van der Waals surface area contributed by atoms with Crippen LogP contribution in [0.25, 0.3) is 16.2 Å². The van der Waals surface area contributed by atoms with E-state index in [2.05, 4.69) is 20.5 Å². The molecule has 0 saturated heterocycles. The highest BCUT2D eigenvalue weighted by atomic mass is 32.1. The predicted molar refractivity (Wildman–Crippen MR) is 99.3 cm³/mol. The van der Waals surface area contributed by atoms with Crippen molar-refractivity contribution in [1.82, 2.24) is 24.9 Å². The van der Waals surface area contributed by atoms with E-state index in [1.807, 2.05) is 36.6 Å². The van der Waals surface area contributed by atoms with Crippen molar-refractivity contribution in [1.29, 1.82) is 0 Å². The fourth-order valence-corrected chi connectivity index (χ4v) is 3.38. The van der Waals surface area contributed by atoms with E-state index in [9.17, 15) is 9.59 Å². The molecule has 0 saturated carbocycles. The summed E-state index contributed by atoms with van der Waals surface area (Å²) in [6.07, 6.45) is 1.48. The summed E-state index contributed by atoms with van der Waals surface area (Å²) < 4.78 is 1.31. The first-order chi connectivity index (χ1) is 12.6. The van der Waals surface area contributed by atoms with E-state index in [1.54, 1.807) is 23.5 Å². The molecule has 0 radical (unpaired) electrons. The summed E-state index contributed by atoms with van der Waals surface area (Å²) in [4.78, 5) is 28.4. The van der Waals surface area contributed by atoms with Gasteiger partial charge in [0.1, 0.15) is 5.01 Å². The number of rotatable bonds is 4. The van der Waals surface area contributed by atoms with Crippen LogP contribution in [-0.4, -0.2) is 25.5 Å². The van der Waals surface area contributed by atoms with Gasteiger partial charge in [-0.25, -0.2) is 19.3 Å². The number of H-pyrrole nitrogens is 1. The zero-order chi connectivity index (χ0) is 18.1. The lowest BCUT2D eigenvalue weighted by atomic mass is 10.1. The van der Waals surface area contributed by atoms with Crippen molar-refractivity contribution in [3.05, 3.63) is 75.3 Å². The van der Waals surface area contributed by atoms with Crippen LogP contribution in [0, 0.1) is 6.92 Å². The van der Waals surface area contributed by atoms with E-state index in [-0.39, 0.29) is 11.6 Å². The van der Waals surface area contributed by atoms with Gasteiger partial charge in [-0.1, -0.05) is 24.3 Å². The molecular weight excluding hydrogens is 350 g/mol. The van der Waals surface area contributed by atoms with Gasteiger partial charge < -0.3 is 5.32 Å². The summed E-state index contributed by atoms with van der Waals surface area (Å²) in [5, 5.41) is 12.0. The summed E-state index contributed by atoms with van der Waals surface area (Å²) in [7, 11) is 0. The number of thiazole rings is 1. The number of aromatic amines is 1. The summed E-state index contributed by atoms with van der Waals surface area (Å²) >= 11 is 1.61. The van der Waals surface area contributed by atoms with Crippen molar-refractivity contribution in [2.45, 2.75) is 13.5 Å². The fourth-order valence-electron chi connectivity index (χ4n) is 2.58. The molecule has 0 aliphatic heterocycles. The highest BCUT2D eigenvalue weighted by molar-refractivity contribution is 7.13. The smallest absolute Gasteiger partial charge is 0.347 e. The van der Waals surface area contributed by atoms with Crippen LogP contribution in [0.2, 0.25) is 0 Å². The van der Waals surface area contributed by atoms with Crippen molar-refractivity contribution >= 4 is 22.9 Å². The minimum absolute atomic E-state index is 0.250. The molecule has 0 fully saturated rings. The molecule has 2 N–H and O–H groups in total. The maximum atomic E-state index is 12.3. The Kier molecular flexibility index (Phi) is 4.10. The number of nitrogens with zero attached hydrogens (tertiary/aromatic N) is 3. The van der Waals surface area contributed by atoms with Crippen molar-refractivity contribution in [2.75, 3.05) is 0 Å². The second-order valence-corrected chi connectivity index (χ2v) is 6.71. The Hall–Kier alpha value is -3.26. The highest BCUT2D eigenvalue weighted by Gasteiger charge is 2.09. The molecule has 4 rings (SSSR count). The molecule has 130 valence electrons. The number of nitrogens with one attached hydrogen (secondary N) is 2. The molecule has 1 amide bonds. The molecule has 3 heterocycles. The van der Waals surface area contributed by atoms with Gasteiger partial charge in [0.2, 0.25) is 0 Å². The monoisotopic (exact) mass is 365 g/mol. The van der Waals surface area contributed by atoms with Crippen LogP contribution in [0.1, 0.15) is 21.6 Å². The third-order valence-corrected chi connectivity index (χ3v) is 4.96. The second kappa shape index (κ2) is 6.57. The van der Waals surface area contributed by atoms with E-state index in [4.69, 9.17) is 0 Å². The number of carbonyl (C=O) groups excluding carboxylic acids is 1. The van der Waals surface area contributed by atoms with Crippen molar-refractivity contribution in [2.24, 2.45) is 0 Å². The number of fused-ring (bicyclic) bond motifs is 1. The highest BCUT2D eigenvalue weighted by Crippen LogP contribution is 2.23. The molecule has 0 atom stereocenters. The van der Waals surface area contributed by atoms with E-state index in [0.717, 1.165) is 21.8 Å². The minimum Gasteiger partial charge on any atom is -0.348 e. The molecule has 1 aromatic carbocycles. The van der Waals surface area contributed by atoms with E-state index in [0.29, 0.717) is 17.8 Å². The lowest BCUT2D eigenvalue weighted by Crippen LogP contribution is -2.23. The molecule has 26 heavy (non-hydrogen) atoms. The number of aryl methyl sites for hydroxylation is 1. The van der Waals surface area contributed by atoms with Crippen molar-refractivity contribution in [3.8, 4) is 10.6 Å². The van der Waals surface area contributed by atoms with Gasteiger partial charge in [0.15, 0.2) is 5.65 Å². The molecule has 7 nitrogen and oxygen atoms in total. The normalized spacial score (nSPS) is 11.0. The Balaban J connectivity index is 1.45. The first-order valence-electron chi connectivity index (χ1n) is 7.96. The maximum absolute atomic E-state index is 12.3. The predicted octanol–water partition coefficient (Wildman–Crippen LogP) is 2.38. The molecule has 0 unspecified atom stereocenters. The van der Waals surface area contributed by atoms with Gasteiger partial charge in [-0.05, 0) is 24.6 Å². The van der Waals surface area contributed by atoms with Crippen LogP contribution >= 0.6 is 11.3 Å². The molecule has 4 aromatic rings. The van der Waals surface area contributed by atoms with Crippen molar-refractivity contribution in [3.63, 3.8) is 0 Å². The Morgan fingerprint density at radius 2 is 2.04 bits per heavy atom. The van der Waals surface area contributed by atoms with Gasteiger partial charge >= 0.3 is 5.69 Å². The third kappa shape index (κ3) is 3.14.